The smallest absolute Gasteiger partial charge is 0.411 e. The number of amides is 1. The molecule has 1 saturated carbocycles. The van der Waals surface area contributed by atoms with Gasteiger partial charge in [0.15, 0.2) is 0 Å². The fraction of sp³-hybridized carbons (Fsp3) is 0.375. The van der Waals surface area contributed by atoms with Crippen LogP contribution in [0.25, 0.3) is 10.9 Å². The Bertz CT molecular complexity index is 1130. The van der Waals surface area contributed by atoms with Gasteiger partial charge in [-0.05, 0) is 56.0 Å². The van der Waals surface area contributed by atoms with Crippen molar-refractivity contribution in [1.29, 1.82) is 0 Å². The van der Waals surface area contributed by atoms with Crippen LogP contribution >= 0.6 is 0 Å². The van der Waals surface area contributed by atoms with Crippen molar-refractivity contribution in [2.75, 3.05) is 19.5 Å². The highest BCUT2D eigenvalue weighted by Crippen LogP contribution is 2.35. The maximum absolute atomic E-state index is 12.3. The van der Waals surface area contributed by atoms with Gasteiger partial charge in [0.25, 0.3) is 0 Å². The lowest BCUT2D eigenvalue weighted by Crippen LogP contribution is -2.20. The van der Waals surface area contributed by atoms with E-state index < -0.39 is 12.1 Å². The molecule has 1 fully saturated rings. The van der Waals surface area contributed by atoms with Gasteiger partial charge >= 0.3 is 12.1 Å². The number of carbonyl (C=O) groups excluding carboxylic acids is 2. The fourth-order valence-electron chi connectivity index (χ4n) is 4.21. The Kier molecular flexibility index (Phi) is 6.30. The molecule has 8 heteroatoms. The van der Waals surface area contributed by atoms with Crippen molar-refractivity contribution in [2.45, 2.75) is 44.6 Å². The van der Waals surface area contributed by atoms with Crippen molar-refractivity contribution >= 4 is 28.7 Å². The van der Waals surface area contributed by atoms with Gasteiger partial charge in [0.1, 0.15) is 11.9 Å². The molecule has 4 rings (SSSR count). The van der Waals surface area contributed by atoms with Crippen LogP contribution in [-0.4, -0.2) is 42.6 Å². The van der Waals surface area contributed by atoms with Crippen LogP contribution in [-0.2, 0) is 9.47 Å². The molecule has 168 valence electrons. The number of fused-ring (bicyclic) bond motifs is 1. The van der Waals surface area contributed by atoms with Crippen molar-refractivity contribution < 1.29 is 23.8 Å². The second-order valence-corrected chi connectivity index (χ2v) is 7.98. The monoisotopic (exact) mass is 437 g/mol. The normalized spacial score (nSPS) is 14.8. The first-order chi connectivity index (χ1) is 15.5. The zero-order valence-electron chi connectivity index (χ0n) is 18.4. The van der Waals surface area contributed by atoms with E-state index in [4.69, 9.17) is 14.2 Å². The first-order valence-electron chi connectivity index (χ1n) is 10.7. The number of nitrogens with zero attached hydrogens (tertiary/aromatic N) is 1. The highest BCUT2D eigenvalue weighted by atomic mass is 16.6. The van der Waals surface area contributed by atoms with Crippen molar-refractivity contribution in [1.82, 2.24) is 10.2 Å². The van der Waals surface area contributed by atoms with Gasteiger partial charge in [0, 0.05) is 22.6 Å². The van der Waals surface area contributed by atoms with Gasteiger partial charge in [-0.3, -0.25) is 10.4 Å². The number of rotatable bonds is 6. The SMILES string of the molecule is COC(=O)c1ccc(C(C)c2[nH]nc3ccc(NC(=O)OC4CCCC4)cc23)c(OC)c1. The highest BCUT2D eigenvalue weighted by Gasteiger charge is 2.22. The number of hydrogen-bond donors (Lipinski definition) is 2. The Morgan fingerprint density at radius 1 is 1.12 bits per heavy atom. The molecule has 0 saturated heterocycles. The van der Waals surface area contributed by atoms with E-state index in [-0.39, 0.29) is 12.0 Å². The maximum atomic E-state index is 12.3. The number of ether oxygens (including phenoxy) is 3. The topological polar surface area (TPSA) is 103 Å². The lowest BCUT2D eigenvalue weighted by atomic mass is 9.93. The molecule has 1 aliphatic rings. The summed E-state index contributed by atoms with van der Waals surface area (Å²) in [4.78, 5) is 24.1. The molecule has 1 heterocycles. The molecule has 3 aromatic rings. The second-order valence-electron chi connectivity index (χ2n) is 7.98. The predicted octanol–water partition coefficient (Wildman–Crippen LogP) is 5.00. The molecular formula is C24H27N3O5. The van der Waals surface area contributed by atoms with Crippen LogP contribution in [0.2, 0.25) is 0 Å². The van der Waals surface area contributed by atoms with Gasteiger partial charge in [0.2, 0.25) is 0 Å². The van der Waals surface area contributed by atoms with Crippen LogP contribution < -0.4 is 10.1 Å². The standard InChI is InChI=1S/C24H27N3O5/c1-14(18-10-8-15(23(28)31-3)12-21(18)30-2)22-19-13-16(9-11-20(19)26-27-22)25-24(29)32-17-6-4-5-7-17/h8-14,17H,4-7H2,1-3H3,(H,25,29)(H,26,27). The molecule has 2 N–H and O–H groups in total. The van der Waals surface area contributed by atoms with E-state index in [0.717, 1.165) is 47.8 Å². The summed E-state index contributed by atoms with van der Waals surface area (Å²) < 4.78 is 15.8. The summed E-state index contributed by atoms with van der Waals surface area (Å²) in [5, 5.41) is 11.2. The molecular weight excluding hydrogens is 410 g/mol. The van der Waals surface area contributed by atoms with E-state index in [9.17, 15) is 9.59 Å². The molecule has 2 aromatic carbocycles. The van der Waals surface area contributed by atoms with Gasteiger partial charge < -0.3 is 14.2 Å². The van der Waals surface area contributed by atoms with Crippen LogP contribution in [0.1, 0.15) is 60.1 Å². The third-order valence-electron chi connectivity index (χ3n) is 5.96. The van der Waals surface area contributed by atoms with Crippen LogP contribution in [0.15, 0.2) is 36.4 Å². The number of carbonyl (C=O) groups is 2. The van der Waals surface area contributed by atoms with Gasteiger partial charge in [-0.15, -0.1) is 0 Å². The number of aromatic nitrogens is 2. The molecule has 0 spiro atoms. The first kappa shape index (κ1) is 21.7. The van der Waals surface area contributed by atoms with Crippen molar-refractivity contribution in [3.63, 3.8) is 0 Å². The van der Waals surface area contributed by atoms with Gasteiger partial charge in [0.05, 0.1) is 31.0 Å². The number of nitrogens with one attached hydrogen (secondary N) is 2. The molecule has 0 radical (unpaired) electrons. The lowest BCUT2D eigenvalue weighted by Gasteiger charge is -2.16. The summed E-state index contributed by atoms with van der Waals surface area (Å²) in [6, 6.07) is 10.8. The summed E-state index contributed by atoms with van der Waals surface area (Å²) in [6.45, 7) is 2.02. The molecule has 0 aliphatic heterocycles. The largest absolute Gasteiger partial charge is 0.496 e. The molecule has 1 aliphatic carbocycles. The number of H-pyrrole nitrogens is 1. The minimum Gasteiger partial charge on any atom is -0.496 e. The van der Waals surface area contributed by atoms with Crippen LogP contribution in [0.5, 0.6) is 5.75 Å². The number of methoxy groups -OCH3 is 2. The molecule has 1 atom stereocenters. The second kappa shape index (κ2) is 9.30. The third kappa shape index (κ3) is 4.39. The van der Waals surface area contributed by atoms with E-state index in [2.05, 4.69) is 15.5 Å². The maximum Gasteiger partial charge on any atom is 0.411 e. The summed E-state index contributed by atoms with van der Waals surface area (Å²) in [6.07, 6.45) is 3.62. The summed E-state index contributed by atoms with van der Waals surface area (Å²) in [5.74, 6) is 0.0506. The van der Waals surface area contributed by atoms with E-state index in [1.807, 2.05) is 25.1 Å². The summed E-state index contributed by atoms with van der Waals surface area (Å²) in [7, 11) is 2.91. The van der Waals surface area contributed by atoms with Crippen molar-refractivity contribution in [2.24, 2.45) is 0 Å². The number of hydrogen-bond acceptors (Lipinski definition) is 6. The number of anilines is 1. The average molecular weight is 437 g/mol. The Balaban J connectivity index is 1.59. The fourth-order valence-corrected chi connectivity index (χ4v) is 4.21. The summed E-state index contributed by atoms with van der Waals surface area (Å²) in [5.41, 5.74) is 3.61. The average Bonchev–Trinajstić information content (AvgIpc) is 3.47. The molecule has 8 nitrogen and oxygen atoms in total. The zero-order valence-corrected chi connectivity index (χ0v) is 18.4. The van der Waals surface area contributed by atoms with Crippen LogP contribution in [0, 0.1) is 0 Å². The van der Waals surface area contributed by atoms with Crippen LogP contribution in [0.3, 0.4) is 0 Å². The van der Waals surface area contributed by atoms with E-state index in [1.54, 1.807) is 25.3 Å². The van der Waals surface area contributed by atoms with Crippen molar-refractivity contribution in [3.8, 4) is 5.75 Å². The molecule has 0 bridgehead atoms. The zero-order chi connectivity index (χ0) is 22.7. The highest BCUT2D eigenvalue weighted by molar-refractivity contribution is 5.92. The lowest BCUT2D eigenvalue weighted by molar-refractivity contribution is 0.0600. The minimum atomic E-state index is -0.436. The number of esters is 1. The summed E-state index contributed by atoms with van der Waals surface area (Å²) >= 11 is 0. The number of benzene rings is 2. The quantitative estimate of drug-likeness (QED) is 0.526. The van der Waals surface area contributed by atoms with Gasteiger partial charge in [-0.2, -0.15) is 5.10 Å². The van der Waals surface area contributed by atoms with Crippen LogP contribution in [0.4, 0.5) is 10.5 Å². The van der Waals surface area contributed by atoms with E-state index in [1.165, 1.54) is 7.11 Å². The molecule has 1 amide bonds. The van der Waals surface area contributed by atoms with E-state index in [0.29, 0.717) is 17.0 Å². The Morgan fingerprint density at radius 2 is 1.91 bits per heavy atom. The first-order valence-corrected chi connectivity index (χ1v) is 10.7. The number of aromatic amines is 1. The third-order valence-corrected chi connectivity index (χ3v) is 5.96. The Morgan fingerprint density at radius 3 is 2.62 bits per heavy atom. The van der Waals surface area contributed by atoms with Crippen molar-refractivity contribution in [3.05, 3.63) is 53.2 Å². The Labute approximate surface area is 186 Å². The van der Waals surface area contributed by atoms with E-state index >= 15 is 0 Å². The van der Waals surface area contributed by atoms with Gasteiger partial charge in [-0.25, -0.2) is 9.59 Å². The predicted molar refractivity (Wildman–Crippen MR) is 120 cm³/mol. The van der Waals surface area contributed by atoms with Gasteiger partial charge in [-0.1, -0.05) is 13.0 Å². The molecule has 1 unspecified atom stereocenters. The Hall–Kier alpha value is -3.55. The molecule has 1 aromatic heterocycles. The molecule has 32 heavy (non-hydrogen) atoms. The minimum absolute atomic E-state index is 0.00339.